The van der Waals surface area contributed by atoms with Gasteiger partial charge in [-0.15, -0.1) is 0 Å². The van der Waals surface area contributed by atoms with Crippen LogP contribution in [-0.2, 0) is 12.8 Å². The number of aromatic nitrogens is 2. The SMILES string of the molecule is NCC(F)(F)CNC(=O)c1nn(-c2ccccc2F)c2c1CCC2. The predicted molar refractivity (Wildman–Crippen MR) is 81.9 cm³/mol. The minimum atomic E-state index is -3.17. The van der Waals surface area contributed by atoms with Gasteiger partial charge in [0, 0.05) is 11.3 Å². The van der Waals surface area contributed by atoms with Crippen LogP contribution in [0.5, 0.6) is 0 Å². The number of para-hydroxylation sites is 1. The molecule has 0 bridgehead atoms. The highest BCUT2D eigenvalue weighted by molar-refractivity contribution is 5.94. The summed E-state index contributed by atoms with van der Waals surface area (Å²) in [6.45, 7) is -1.71. The Labute approximate surface area is 136 Å². The molecular formula is C16H17F3N4O. The van der Waals surface area contributed by atoms with E-state index in [2.05, 4.69) is 10.4 Å². The Bertz CT molecular complexity index is 773. The van der Waals surface area contributed by atoms with Crippen LogP contribution in [0, 0.1) is 5.82 Å². The number of nitrogens with one attached hydrogen (secondary N) is 1. The summed E-state index contributed by atoms with van der Waals surface area (Å²) in [4.78, 5) is 12.2. The normalized spacial score (nSPS) is 13.8. The largest absolute Gasteiger partial charge is 0.345 e. The standard InChI is InChI=1S/C16H17F3N4O/c17-11-5-1-2-6-13(11)23-12-7-3-4-10(12)14(22-23)15(24)21-9-16(18,19)8-20/h1-2,5-6H,3-4,7-9,20H2,(H,21,24). The number of alkyl halides is 2. The van der Waals surface area contributed by atoms with E-state index in [1.165, 1.54) is 10.7 Å². The second kappa shape index (κ2) is 6.27. The van der Waals surface area contributed by atoms with E-state index in [1.54, 1.807) is 18.2 Å². The summed E-state index contributed by atoms with van der Waals surface area (Å²) in [5.41, 5.74) is 6.69. The molecule has 1 aliphatic rings. The van der Waals surface area contributed by atoms with Gasteiger partial charge >= 0.3 is 0 Å². The van der Waals surface area contributed by atoms with Crippen LogP contribution in [-0.4, -0.2) is 34.7 Å². The van der Waals surface area contributed by atoms with E-state index < -0.39 is 30.7 Å². The lowest BCUT2D eigenvalue weighted by molar-refractivity contribution is 0.0118. The van der Waals surface area contributed by atoms with Gasteiger partial charge in [-0.05, 0) is 31.4 Å². The first-order valence-corrected chi connectivity index (χ1v) is 7.65. The van der Waals surface area contributed by atoms with Gasteiger partial charge in [0.2, 0.25) is 0 Å². The first kappa shape index (κ1) is 16.5. The van der Waals surface area contributed by atoms with Crippen molar-refractivity contribution < 1.29 is 18.0 Å². The lowest BCUT2D eigenvalue weighted by Gasteiger charge is -2.14. The van der Waals surface area contributed by atoms with E-state index in [0.29, 0.717) is 18.4 Å². The van der Waals surface area contributed by atoms with Crippen molar-refractivity contribution in [1.29, 1.82) is 0 Å². The molecule has 0 aliphatic heterocycles. The van der Waals surface area contributed by atoms with Gasteiger partial charge in [0.05, 0.1) is 13.1 Å². The van der Waals surface area contributed by atoms with Gasteiger partial charge in [-0.3, -0.25) is 4.79 Å². The van der Waals surface area contributed by atoms with Crippen LogP contribution in [0.1, 0.15) is 28.2 Å². The Kier molecular flexibility index (Phi) is 4.31. The third-order valence-corrected chi connectivity index (χ3v) is 4.03. The molecule has 0 fully saturated rings. The first-order chi connectivity index (χ1) is 11.4. The number of carbonyl (C=O) groups is 1. The average molecular weight is 338 g/mol. The molecule has 8 heteroatoms. The fraction of sp³-hybridized carbons (Fsp3) is 0.375. The summed E-state index contributed by atoms with van der Waals surface area (Å²) in [5.74, 6) is -4.33. The molecule has 5 nitrogen and oxygen atoms in total. The Morgan fingerprint density at radius 3 is 2.79 bits per heavy atom. The maximum absolute atomic E-state index is 14.0. The van der Waals surface area contributed by atoms with Gasteiger partial charge in [-0.1, -0.05) is 12.1 Å². The maximum Gasteiger partial charge on any atom is 0.277 e. The molecule has 1 aromatic carbocycles. The number of halogens is 3. The zero-order valence-corrected chi connectivity index (χ0v) is 12.9. The molecule has 1 aliphatic carbocycles. The van der Waals surface area contributed by atoms with Crippen molar-refractivity contribution in [2.45, 2.75) is 25.2 Å². The third-order valence-electron chi connectivity index (χ3n) is 4.03. The minimum Gasteiger partial charge on any atom is -0.345 e. The Morgan fingerprint density at radius 1 is 1.33 bits per heavy atom. The van der Waals surface area contributed by atoms with E-state index in [-0.39, 0.29) is 11.4 Å². The number of nitrogens with zero attached hydrogens (tertiary/aromatic N) is 2. The Balaban J connectivity index is 1.92. The van der Waals surface area contributed by atoms with Crippen molar-refractivity contribution in [2.24, 2.45) is 5.73 Å². The van der Waals surface area contributed by atoms with Gasteiger partial charge < -0.3 is 11.1 Å². The van der Waals surface area contributed by atoms with Gasteiger partial charge in [-0.25, -0.2) is 17.9 Å². The quantitative estimate of drug-likeness (QED) is 0.873. The second-order valence-electron chi connectivity index (χ2n) is 5.73. The van der Waals surface area contributed by atoms with E-state index >= 15 is 0 Å². The smallest absolute Gasteiger partial charge is 0.277 e. The van der Waals surface area contributed by atoms with Crippen LogP contribution in [0.15, 0.2) is 24.3 Å². The maximum atomic E-state index is 14.0. The number of hydrogen-bond donors (Lipinski definition) is 2. The van der Waals surface area contributed by atoms with Crippen molar-refractivity contribution in [3.05, 3.63) is 47.0 Å². The predicted octanol–water partition coefficient (Wildman–Crippen LogP) is 1.82. The zero-order chi connectivity index (χ0) is 17.3. The van der Waals surface area contributed by atoms with E-state index in [1.807, 2.05) is 0 Å². The number of nitrogens with two attached hydrogens (primary N) is 1. The van der Waals surface area contributed by atoms with Crippen LogP contribution in [0.25, 0.3) is 5.69 Å². The number of hydrogen-bond acceptors (Lipinski definition) is 3. The molecule has 0 saturated carbocycles. The molecule has 0 unspecified atom stereocenters. The fourth-order valence-electron chi connectivity index (χ4n) is 2.81. The van der Waals surface area contributed by atoms with Gasteiger partial charge in [-0.2, -0.15) is 5.10 Å². The number of rotatable bonds is 5. The molecule has 1 aromatic heterocycles. The Morgan fingerprint density at radius 2 is 2.08 bits per heavy atom. The molecule has 128 valence electrons. The van der Waals surface area contributed by atoms with E-state index in [9.17, 15) is 18.0 Å². The van der Waals surface area contributed by atoms with Crippen LogP contribution in [0.3, 0.4) is 0 Å². The third kappa shape index (κ3) is 3.01. The molecule has 0 atom stereocenters. The average Bonchev–Trinajstić information content (AvgIpc) is 3.16. The highest BCUT2D eigenvalue weighted by Crippen LogP contribution is 2.28. The number of benzene rings is 1. The Hall–Kier alpha value is -2.35. The molecule has 2 aromatic rings. The highest BCUT2D eigenvalue weighted by Gasteiger charge is 2.31. The van der Waals surface area contributed by atoms with Gasteiger partial charge in [0.25, 0.3) is 11.8 Å². The summed E-state index contributed by atoms with van der Waals surface area (Å²) in [6, 6.07) is 6.10. The summed E-state index contributed by atoms with van der Waals surface area (Å²) in [6.07, 6.45) is 2.07. The molecule has 24 heavy (non-hydrogen) atoms. The topological polar surface area (TPSA) is 72.9 Å². The fourth-order valence-corrected chi connectivity index (χ4v) is 2.81. The molecule has 0 spiro atoms. The monoisotopic (exact) mass is 338 g/mol. The van der Waals surface area contributed by atoms with Crippen molar-refractivity contribution in [1.82, 2.24) is 15.1 Å². The van der Waals surface area contributed by atoms with Gasteiger partial charge in [0.15, 0.2) is 5.69 Å². The van der Waals surface area contributed by atoms with E-state index in [0.717, 1.165) is 12.1 Å². The van der Waals surface area contributed by atoms with Crippen LogP contribution in [0.4, 0.5) is 13.2 Å². The number of fused-ring (bicyclic) bond motifs is 1. The van der Waals surface area contributed by atoms with Crippen molar-refractivity contribution in [3.63, 3.8) is 0 Å². The summed E-state index contributed by atoms with van der Waals surface area (Å²) in [5, 5.41) is 6.34. The molecule has 1 amide bonds. The molecule has 1 heterocycles. The summed E-state index contributed by atoms with van der Waals surface area (Å²) < 4.78 is 41.8. The lowest BCUT2D eigenvalue weighted by atomic mass is 10.2. The number of carbonyl (C=O) groups excluding carboxylic acids is 1. The second-order valence-corrected chi connectivity index (χ2v) is 5.73. The molecule has 3 rings (SSSR count). The molecular weight excluding hydrogens is 321 g/mol. The van der Waals surface area contributed by atoms with Crippen LogP contribution >= 0.6 is 0 Å². The number of amides is 1. The zero-order valence-electron chi connectivity index (χ0n) is 12.9. The van der Waals surface area contributed by atoms with Crippen molar-refractivity contribution in [3.8, 4) is 5.69 Å². The molecule has 3 N–H and O–H groups in total. The highest BCUT2D eigenvalue weighted by atomic mass is 19.3. The van der Waals surface area contributed by atoms with Crippen LogP contribution in [0.2, 0.25) is 0 Å². The summed E-state index contributed by atoms with van der Waals surface area (Å²) in [7, 11) is 0. The van der Waals surface area contributed by atoms with Gasteiger partial charge in [0.1, 0.15) is 11.5 Å². The van der Waals surface area contributed by atoms with E-state index in [4.69, 9.17) is 5.73 Å². The minimum absolute atomic E-state index is 0.0681. The first-order valence-electron chi connectivity index (χ1n) is 7.65. The van der Waals surface area contributed by atoms with Crippen molar-refractivity contribution >= 4 is 5.91 Å². The van der Waals surface area contributed by atoms with Crippen LogP contribution < -0.4 is 11.1 Å². The molecule has 0 radical (unpaired) electrons. The lowest BCUT2D eigenvalue weighted by Crippen LogP contribution is -2.41. The molecule has 0 saturated heterocycles. The van der Waals surface area contributed by atoms with Crippen molar-refractivity contribution in [2.75, 3.05) is 13.1 Å². The summed E-state index contributed by atoms with van der Waals surface area (Å²) >= 11 is 0.